The summed E-state index contributed by atoms with van der Waals surface area (Å²) in [7, 11) is -0.0252. The van der Waals surface area contributed by atoms with Crippen molar-refractivity contribution in [2.75, 3.05) is 7.11 Å². The molecular formula is C11H3F13O. The molecule has 0 atom stereocenters. The minimum absolute atomic E-state index is 0.0252. The fraction of sp³-hybridized carbons (Fsp3) is 0.636. The molecule has 25 heavy (non-hydrogen) atoms. The van der Waals surface area contributed by atoms with E-state index in [1.165, 1.54) is 0 Å². The Labute approximate surface area is 128 Å². The second-order valence-corrected chi connectivity index (χ2v) is 5.04. The van der Waals surface area contributed by atoms with Gasteiger partial charge in [0.15, 0.2) is 11.6 Å². The summed E-state index contributed by atoms with van der Waals surface area (Å²) in [6, 6.07) is 0. The van der Waals surface area contributed by atoms with Gasteiger partial charge in [-0.05, 0) is 0 Å². The standard InChI is InChI=1S/C11H3F13O/c1-25-5-3(7(15,16)11(23,24)9(5,19)20)2-4(12)8(17,18)10(21,22)6(2,13)14/h1H3. The monoisotopic (exact) mass is 398 g/mol. The van der Waals surface area contributed by atoms with Gasteiger partial charge in [-0.15, -0.1) is 0 Å². The fourth-order valence-corrected chi connectivity index (χ4v) is 2.35. The summed E-state index contributed by atoms with van der Waals surface area (Å²) >= 11 is 0. The van der Waals surface area contributed by atoms with E-state index in [0.717, 1.165) is 0 Å². The highest BCUT2D eigenvalue weighted by molar-refractivity contribution is 5.58. The molecule has 14 heteroatoms. The topological polar surface area (TPSA) is 9.23 Å². The van der Waals surface area contributed by atoms with Crippen molar-refractivity contribution in [3.05, 3.63) is 22.7 Å². The largest absolute Gasteiger partial charge is 0.494 e. The number of allylic oxidation sites excluding steroid dienone is 4. The Hall–Kier alpha value is -1.63. The highest BCUT2D eigenvalue weighted by Gasteiger charge is 2.88. The van der Waals surface area contributed by atoms with Gasteiger partial charge >= 0.3 is 35.5 Å². The van der Waals surface area contributed by atoms with Gasteiger partial charge in [-0.2, -0.15) is 52.7 Å². The van der Waals surface area contributed by atoms with Crippen LogP contribution in [0.5, 0.6) is 0 Å². The van der Waals surface area contributed by atoms with E-state index in [1.807, 2.05) is 0 Å². The Balaban J connectivity index is 2.95. The van der Waals surface area contributed by atoms with Crippen LogP contribution in [-0.4, -0.2) is 42.6 Å². The minimum Gasteiger partial charge on any atom is -0.494 e. The number of methoxy groups -OCH3 is 1. The van der Waals surface area contributed by atoms with E-state index in [4.69, 9.17) is 0 Å². The number of rotatable bonds is 2. The van der Waals surface area contributed by atoms with Crippen LogP contribution in [-0.2, 0) is 4.74 Å². The van der Waals surface area contributed by atoms with Crippen molar-refractivity contribution in [3.8, 4) is 0 Å². The molecule has 0 aromatic carbocycles. The summed E-state index contributed by atoms with van der Waals surface area (Å²) in [6.07, 6.45) is 0. The van der Waals surface area contributed by atoms with Gasteiger partial charge in [0.25, 0.3) is 0 Å². The summed E-state index contributed by atoms with van der Waals surface area (Å²) in [5.74, 6) is -45.6. The normalized spacial score (nSPS) is 30.8. The van der Waals surface area contributed by atoms with Crippen LogP contribution in [0.15, 0.2) is 22.7 Å². The van der Waals surface area contributed by atoms with Gasteiger partial charge < -0.3 is 4.74 Å². The van der Waals surface area contributed by atoms with E-state index in [1.54, 1.807) is 0 Å². The molecule has 0 aromatic rings. The van der Waals surface area contributed by atoms with Crippen LogP contribution in [0.3, 0.4) is 0 Å². The maximum absolute atomic E-state index is 13.6. The van der Waals surface area contributed by atoms with Crippen molar-refractivity contribution in [3.63, 3.8) is 0 Å². The minimum atomic E-state index is -6.69. The third-order valence-electron chi connectivity index (χ3n) is 3.67. The third-order valence-corrected chi connectivity index (χ3v) is 3.67. The lowest BCUT2D eigenvalue weighted by Crippen LogP contribution is -2.51. The van der Waals surface area contributed by atoms with E-state index in [-0.39, 0.29) is 7.11 Å². The highest BCUT2D eigenvalue weighted by Crippen LogP contribution is 2.68. The predicted molar refractivity (Wildman–Crippen MR) is 51.9 cm³/mol. The molecular weight excluding hydrogens is 395 g/mol. The lowest BCUT2D eigenvalue weighted by Gasteiger charge is -2.27. The Bertz CT molecular complexity index is 684. The number of alkyl halides is 12. The molecule has 0 N–H and O–H groups in total. The molecule has 2 aliphatic carbocycles. The summed E-state index contributed by atoms with van der Waals surface area (Å²) in [4.78, 5) is 0. The molecule has 0 amide bonds. The van der Waals surface area contributed by atoms with Crippen molar-refractivity contribution in [1.82, 2.24) is 0 Å². The van der Waals surface area contributed by atoms with Crippen molar-refractivity contribution in [1.29, 1.82) is 0 Å². The van der Waals surface area contributed by atoms with Gasteiger partial charge in [-0.1, -0.05) is 0 Å². The summed E-state index contributed by atoms with van der Waals surface area (Å²) in [5, 5.41) is 0. The average Bonchev–Trinajstić information content (AvgIpc) is 2.59. The zero-order valence-electron chi connectivity index (χ0n) is 11.3. The smallest absolute Gasteiger partial charge is 0.384 e. The molecule has 2 rings (SSSR count). The lowest BCUT2D eigenvalue weighted by atomic mass is 9.96. The van der Waals surface area contributed by atoms with Crippen LogP contribution in [0, 0.1) is 0 Å². The molecule has 0 bridgehead atoms. The molecule has 1 nitrogen and oxygen atoms in total. The molecule has 0 aromatic heterocycles. The molecule has 0 spiro atoms. The average molecular weight is 398 g/mol. The number of ether oxygens (including phenoxy) is 1. The van der Waals surface area contributed by atoms with E-state index in [9.17, 15) is 57.1 Å². The molecule has 0 saturated heterocycles. The molecule has 0 unspecified atom stereocenters. The van der Waals surface area contributed by atoms with E-state index >= 15 is 0 Å². The van der Waals surface area contributed by atoms with Crippen molar-refractivity contribution >= 4 is 0 Å². The first kappa shape index (κ1) is 19.7. The second-order valence-electron chi connectivity index (χ2n) is 5.04. The Morgan fingerprint density at radius 2 is 0.920 bits per heavy atom. The summed E-state index contributed by atoms with van der Waals surface area (Å²) < 4.78 is 176. The third kappa shape index (κ3) is 1.77. The zero-order chi connectivity index (χ0) is 20.0. The predicted octanol–water partition coefficient (Wildman–Crippen LogP) is 4.95. The zero-order valence-corrected chi connectivity index (χ0v) is 11.3. The molecule has 144 valence electrons. The maximum Gasteiger partial charge on any atom is 0.384 e. The molecule has 2 aliphatic rings. The number of halogens is 13. The SMILES string of the molecule is COC1=C(C2=C(F)C(F)(F)C(F)(F)C2(F)F)C(F)(F)C(F)(F)C1(F)F. The second kappa shape index (κ2) is 4.55. The first-order chi connectivity index (χ1) is 10.8. The van der Waals surface area contributed by atoms with Gasteiger partial charge in [0, 0.05) is 0 Å². The van der Waals surface area contributed by atoms with Crippen molar-refractivity contribution in [2.45, 2.75) is 35.5 Å². The molecule has 0 heterocycles. The number of hydrogen-bond donors (Lipinski definition) is 0. The van der Waals surface area contributed by atoms with Gasteiger partial charge in [0.05, 0.1) is 18.3 Å². The first-order valence-corrected chi connectivity index (χ1v) is 5.82. The summed E-state index contributed by atoms with van der Waals surface area (Å²) in [5.41, 5.74) is -7.12. The van der Waals surface area contributed by atoms with Crippen LogP contribution < -0.4 is 0 Å². The van der Waals surface area contributed by atoms with E-state index in [2.05, 4.69) is 4.74 Å². The number of hydrogen-bond acceptors (Lipinski definition) is 1. The van der Waals surface area contributed by atoms with Crippen LogP contribution in [0.25, 0.3) is 0 Å². The van der Waals surface area contributed by atoms with Gasteiger partial charge in [-0.25, -0.2) is 4.39 Å². The molecule has 0 radical (unpaired) electrons. The van der Waals surface area contributed by atoms with Gasteiger partial charge in [0.1, 0.15) is 0 Å². The van der Waals surface area contributed by atoms with Crippen molar-refractivity contribution < 1.29 is 61.8 Å². The van der Waals surface area contributed by atoms with Crippen LogP contribution in [0.1, 0.15) is 0 Å². The molecule has 0 saturated carbocycles. The molecule has 0 aliphatic heterocycles. The first-order valence-electron chi connectivity index (χ1n) is 5.82. The van der Waals surface area contributed by atoms with Crippen LogP contribution in [0.4, 0.5) is 57.1 Å². The Morgan fingerprint density at radius 3 is 1.24 bits per heavy atom. The fourth-order valence-electron chi connectivity index (χ4n) is 2.35. The Kier molecular flexibility index (Phi) is 3.59. The van der Waals surface area contributed by atoms with Crippen LogP contribution in [0.2, 0.25) is 0 Å². The van der Waals surface area contributed by atoms with Gasteiger partial charge in [-0.3, -0.25) is 0 Å². The summed E-state index contributed by atoms with van der Waals surface area (Å²) in [6.45, 7) is 0. The molecule has 0 fully saturated rings. The van der Waals surface area contributed by atoms with Crippen LogP contribution >= 0.6 is 0 Å². The maximum atomic E-state index is 13.6. The highest BCUT2D eigenvalue weighted by atomic mass is 19.4. The van der Waals surface area contributed by atoms with E-state index < -0.39 is 58.3 Å². The van der Waals surface area contributed by atoms with Gasteiger partial charge in [0.2, 0.25) is 0 Å². The van der Waals surface area contributed by atoms with E-state index in [0.29, 0.717) is 0 Å². The Morgan fingerprint density at radius 1 is 0.560 bits per heavy atom. The quantitative estimate of drug-likeness (QED) is 0.599. The lowest BCUT2D eigenvalue weighted by molar-refractivity contribution is -0.275. The van der Waals surface area contributed by atoms with Crippen molar-refractivity contribution in [2.24, 2.45) is 0 Å².